The number of primary amides is 1. The molecule has 6 aromatic rings. The highest BCUT2D eigenvalue weighted by Crippen LogP contribution is 2.29. The number of aliphatic hydroxyl groups excluding tert-OH is 3. The molecule has 0 saturated carbocycles. The van der Waals surface area contributed by atoms with Gasteiger partial charge in [0.05, 0.1) is 51.8 Å². The molecule has 0 saturated heterocycles. The Balaban J connectivity index is 1.16. The number of aromatic amines is 2. The first-order chi connectivity index (χ1) is 52.8. The number of aliphatic carboxylic acids is 1. The van der Waals surface area contributed by atoms with E-state index >= 15 is 4.39 Å². The molecule has 0 spiro atoms. The SMILES string of the molecule is CCc1cc(OC)ccc1-c1ccc(C[C@H](NC(=O)[C@H](CC(=O)O)NC(=O)[C@H](CO)NC(=O)[C@H](NC(=O)[C@](C)(Cc2ccccc2F)NC(=O)[C@@H](NC(=O)CNC(=O)[C@H](Cc2nn[nH]n2)NC(=O)C(C)(C)C(=O)NCCc2cnc[nH]2)[C@@H](C)O)[C@@H](C)O)C(=O)N[C@@H](CCCc2ccc(OCCCCN)cc2)C(N)=O)cc1. The van der Waals surface area contributed by atoms with Crippen LogP contribution in [0, 0.1) is 11.2 Å². The zero-order chi connectivity index (χ0) is 81.5. The lowest BCUT2D eigenvalue weighted by Crippen LogP contribution is -2.67. The van der Waals surface area contributed by atoms with Gasteiger partial charge in [-0.15, -0.1) is 10.2 Å². The maximum Gasteiger partial charge on any atom is 0.305 e. The van der Waals surface area contributed by atoms with Gasteiger partial charge in [0.1, 0.15) is 70.6 Å². The minimum atomic E-state index is -2.40. The number of carbonyl (C=O) groups is 12. The molecule has 11 amide bonds. The third-order valence-corrected chi connectivity index (χ3v) is 18.0. The van der Waals surface area contributed by atoms with Crippen molar-refractivity contribution in [2.45, 2.75) is 172 Å². The number of nitrogens with two attached hydrogens (primary N) is 2. The summed E-state index contributed by atoms with van der Waals surface area (Å²) >= 11 is 0. The van der Waals surface area contributed by atoms with Gasteiger partial charge >= 0.3 is 5.97 Å². The average Bonchev–Trinajstić information content (AvgIpc) is 1.01. The number of aliphatic hydroxyl groups is 3. The number of ether oxygens (including phenoxy) is 2. The van der Waals surface area contributed by atoms with E-state index in [1.165, 1.54) is 38.4 Å². The molecular weight excluding hydrogens is 1450 g/mol. The molecule has 0 aliphatic carbocycles. The molecular formula is C74H99FN18O18. The van der Waals surface area contributed by atoms with E-state index in [1.807, 2.05) is 31.2 Å². The summed E-state index contributed by atoms with van der Waals surface area (Å²) in [7, 11) is 1.55. The Morgan fingerprint density at radius 3 is 1.89 bits per heavy atom. The summed E-state index contributed by atoms with van der Waals surface area (Å²) in [4.78, 5) is 173. The summed E-state index contributed by atoms with van der Waals surface area (Å²) < 4.78 is 26.7. The van der Waals surface area contributed by atoms with Gasteiger partial charge in [-0.2, -0.15) is 5.21 Å². The van der Waals surface area contributed by atoms with Gasteiger partial charge in [0.15, 0.2) is 5.82 Å². The highest BCUT2D eigenvalue weighted by atomic mass is 19.1. The van der Waals surface area contributed by atoms with Crippen molar-refractivity contribution in [2.24, 2.45) is 16.9 Å². The minimum absolute atomic E-state index is 0.0439. The van der Waals surface area contributed by atoms with Gasteiger partial charge in [-0.1, -0.05) is 72.8 Å². The van der Waals surface area contributed by atoms with Gasteiger partial charge in [-0.05, 0) is 143 Å². The van der Waals surface area contributed by atoms with Gasteiger partial charge in [0.2, 0.25) is 65.0 Å². The van der Waals surface area contributed by atoms with Crippen molar-refractivity contribution >= 4 is 70.9 Å². The fourth-order valence-corrected chi connectivity index (χ4v) is 11.4. The maximum atomic E-state index is 15.5. The number of hydrogen-bond donors (Lipinski definition) is 18. The number of imidazole rings is 1. The monoisotopic (exact) mass is 1550 g/mol. The van der Waals surface area contributed by atoms with Crippen molar-refractivity contribution < 1.29 is 91.8 Å². The first-order valence-corrected chi connectivity index (χ1v) is 35.9. The van der Waals surface area contributed by atoms with Crippen molar-refractivity contribution in [1.29, 1.82) is 0 Å². The molecule has 20 N–H and O–H groups in total. The second kappa shape index (κ2) is 42.8. The van der Waals surface area contributed by atoms with Crippen LogP contribution in [0.15, 0.2) is 104 Å². The lowest BCUT2D eigenvalue weighted by atomic mass is 9.90. The average molecular weight is 1550 g/mol. The van der Waals surface area contributed by atoms with E-state index in [0.29, 0.717) is 61.6 Å². The minimum Gasteiger partial charge on any atom is -0.497 e. The number of benzene rings is 4. The molecule has 0 aliphatic heterocycles. The normalized spacial score (nSPS) is 14.2. The number of rotatable bonds is 46. The largest absolute Gasteiger partial charge is 0.497 e. The molecule has 2 heterocycles. The van der Waals surface area contributed by atoms with Crippen molar-refractivity contribution in [3.8, 4) is 22.6 Å². The number of amides is 11. The molecule has 2 aromatic heterocycles. The van der Waals surface area contributed by atoms with Crippen molar-refractivity contribution in [3.63, 3.8) is 0 Å². The standard InChI is InChI=1S/C74H99FN18O18/c1-8-45-33-50(110-7)26-27-51(45)46-22-18-44(19-23-46)32-54(65(102)82-53(63(77)100)17-13-14-43-20-24-49(25-21-43)111-31-12-11-29-76)83-66(103)56(35-60(98)99)84-67(104)57(39-94)85-68(105)61(41(2)95)88-72(109)74(6,36-47-15-9-10-16-52(47)75)89-69(106)62(42(3)96)87-59(97)38-80-64(101)55(34-58-90-92-93-91-58)86-71(108)73(4,5)70(107)79-30-28-48-37-78-40-81-48/h9-10,15-16,18-27,33,37,40-42,53-57,61-62,94-96H,8,11-14,17,28-32,34-36,38-39,76H2,1-7H3,(H2,77,100)(H,78,81)(H,79,107)(H,80,101)(H,82,102)(H,83,103)(H,84,104)(H,85,105)(H,86,108)(H,87,97)(H,88,109)(H,89,106)(H,98,99)(H,90,91,92,93)/t41-,42-,53+,54+,55+,56+,57+,61-,62+,74+/m1/s1. The third-order valence-electron chi connectivity index (χ3n) is 18.0. The highest BCUT2D eigenvalue weighted by molar-refractivity contribution is 6.06. The maximum absolute atomic E-state index is 15.5. The summed E-state index contributed by atoms with van der Waals surface area (Å²) in [6.45, 7) is 6.68. The number of aromatic nitrogens is 6. The lowest BCUT2D eigenvalue weighted by Gasteiger charge is -2.34. The predicted octanol–water partition coefficient (Wildman–Crippen LogP) is -2.05. The molecule has 4 aromatic carbocycles. The number of carbonyl (C=O) groups excluding carboxylic acids is 11. The first-order valence-electron chi connectivity index (χ1n) is 35.9. The quantitative estimate of drug-likeness (QED) is 0.0144. The molecule has 10 atom stereocenters. The first kappa shape index (κ1) is 88.1. The van der Waals surface area contributed by atoms with Crippen LogP contribution >= 0.6 is 0 Å². The molecule has 0 radical (unpaired) electrons. The van der Waals surface area contributed by atoms with Crippen LogP contribution in [0.5, 0.6) is 11.5 Å². The fraction of sp³-hybridized carbons (Fsp3) is 0.459. The Bertz CT molecular complexity index is 4130. The van der Waals surface area contributed by atoms with E-state index in [4.69, 9.17) is 20.9 Å². The second-order valence-electron chi connectivity index (χ2n) is 27.1. The van der Waals surface area contributed by atoms with Crippen LogP contribution in [0.2, 0.25) is 0 Å². The smallest absolute Gasteiger partial charge is 0.305 e. The van der Waals surface area contributed by atoms with E-state index in [9.17, 15) is 78.0 Å². The zero-order valence-corrected chi connectivity index (χ0v) is 62.7. The van der Waals surface area contributed by atoms with Crippen molar-refractivity contribution in [1.82, 2.24) is 83.8 Å². The van der Waals surface area contributed by atoms with Crippen molar-refractivity contribution in [3.05, 3.63) is 143 Å². The topological polar surface area (TPSA) is 560 Å². The molecule has 6 rings (SSSR count). The number of aryl methyl sites for hydroxylation is 2. The number of methoxy groups -OCH3 is 1. The molecule has 600 valence electrons. The van der Waals surface area contributed by atoms with Crippen LogP contribution in [0.3, 0.4) is 0 Å². The number of nitrogens with zero attached hydrogens (tertiary/aromatic N) is 4. The second-order valence-corrected chi connectivity index (χ2v) is 27.1. The van der Waals surface area contributed by atoms with Crippen LogP contribution < -0.4 is 74.1 Å². The molecule has 0 fully saturated rings. The summed E-state index contributed by atoms with van der Waals surface area (Å²) in [5.74, 6) is -13.6. The van der Waals surface area contributed by atoms with Gasteiger partial charge in [0.25, 0.3) is 0 Å². The summed E-state index contributed by atoms with van der Waals surface area (Å²) in [5.41, 5.74) is 11.7. The molecule has 37 heteroatoms. The molecule has 111 heavy (non-hydrogen) atoms. The Morgan fingerprint density at radius 1 is 0.649 bits per heavy atom. The lowest BCUT2D eigenvalue weighted by molar-refractivity contribution is -0.143. The Kier molecular flexibility index (Phi) is 34.0. The number of carboxylic acid groups (broad SMARTS) is 1. The van der Waals surface area contributed by atoms with Gasteiger partial charge < -0.3 is 99.5 Å². The molecule has 0 aliphatic rings. The van der Waals surface area contributed by atoms with E-state index in [0.717, 1.165) is 61.9 Å². The number of unbranched alkanes of at least 4 members (excludes halogenated alkanes) is 1. The Morgan fingerprint density at radius 2 is 1.28 bits per heavy atom. The number of H-pyrrole nitrogens is 2. The number of carboxylic acids is 1. The Labute approximate surface area is 638 Å². The number of tetrazole rings is 1. The van der Waals surface area contributed by atoms with Gasteiger partial charge in [-0.3, -0.25) is 57.5 Å². The predicted molar refractivity (Wildman–Crippen MR) is 397 cm³/mol. The van der Waals surface area contributed by atoms with E-state index in [1.54, 1.807) is 55.8 Å². The highest BCUT2D eigenvalue weighted by Gasteiger charge is 2.43. The third kappa shape index (κ3) is 27.1. The fourth-order valence-electron chi connectivity index (χ4n) is 11.4. The molecule has 36 nitrogen and oxygen atoms in total. The zero-order valence-electron chi connectivity index (χ0n) is 62.7. The van der Waals surface area contributed by atoms with Crippen LogP contribution in [-0.4, -0.2) is 222 Å². The van der Waals surface area contributed by atoms with Crippen LogP contribution in [0.25, 0.3) is 11.1 Å². The summed E-state index contributed by atoms with van der Waals surface area (Å²) in [6.07, 6.45) is 0.198. The summed E-state index contributed by atoms with van der Waals surface area (Å²) in [5, 5.41) is 79.7. The number of hydrogen-bond acceptors (Lipinski definition) is 22. The van der Waals surface area contributed by atoms with Crippen LogP contribution in [0.4, 0.5) is 4.39 Å². The van der Waals surface area contributed by atoms with Crippen LogP contribution in [0.1, 0.15) is 107 Å². The summed E-state index contributed by atoms with van der Waals surface area (Å²) in [6, 6.07) is 12.1. The van der Waals surface area contributed by atoms with Gasteiger partial charge in [0, 0.05) is 44.1 Å². The molecule has 0 bridgehead atoms. The van der Waals surface area contributed by atoms with E-state index < -0.39 is 175 Å². The van der Waals surface area contributed by atoms with E-state index in [-0.39, 0.29) is 30.8 Å². The van der Waals surface area contributed by atoms with Crippen molar-refractivity contribution in [2.75, 3.05) is 40.0 Å². The van der Waals surface area contributed by atoms with Gasteiger partial charge in [-0.25, -0.2) is 9.37 Å². The Hall–Kier alpha value is -11.8. The molecule has 0 unspecified atom stereocenters. The van der Waals surface area contributed by atoms with Crippen LogP contribution in [-0.2, 0) is 96.1 Å². The number of nitrogens with one attached hydrogen (secondary N) is 12. The number of halogens is 1. The van der Waals surface area contributed by atoms with E-state index in [2.05, 4.69) is 83.8 Å².